The number of hydrogen-bond acceptors (Lipinski definition) is 4. The van der Waals surface area contributed by atoms with Gasteiger partial charge in [-0.15, -0.1) is 11.8 Å². The van der Waals surface area contributed by atoms with Gasteiger partial charge in [-0.2, -0.15) is 0 Å². The third-order valence-electron chi connectivity index (χ3n) is 6.08. The van der Waals surface area contributed by atoms with Gasteiger partial charge < -0.3 is 14.8 Å². The van der Waals surface area contributed by atoms with Crippen LogP contribution in [-0.4, -0.2) is 31.7 Å². The van der Waals surface area contributed by atoms with Crippen molar-refractivity contribution in [1.82, 2.24) is 9.55 Å². The van der Waals surface area contributed by atoms with E-state index in [2.05, 4.69) is 11.9 Å². The molecular weight excluding hydrogens is 508 g/mol. The number of benzene rings is 3. The van der Waals surface area contributed by atoms with Crippen molar-refractivity contribution in [3.05, 3.63) is 106 Å². The zero-order valence-electron chi connectivity index (χ0n) is 20.4. The average molecular weight is 535 g/mol. The van der Waals surface area contributed by atoms with Gasteiger partial charge in [-0.25, -0.2) is 14.6 Å². The summed E-state index contributed by atoms with van der Waals surface area (Å²) >= 11 is 7.99. The molecule has 2 N–H and O–H groups in total. The van der Waals surface area contributed by atoms with Crippen molar-refractivity contribution in [2.24, 2.45) is 0 Å². The lowest BCUT2D eigenvalue weighted by Gasteiger charge is -2.15. The van der Waals surface area contributed by atoms with Crippen LogP contribution in [0.25, 0.3) is 11.1 Å². The zero-order chi connectivity index (χ0) is 26.4. The van der Waals surface area contributed by atoms with Gasteiger partial charge in [-0.05, 0) is 41.3 Å². The third-order valence-corrected chi connectivity index (χ3v) is 7.47. The standard InChI is InChI=1S/C29H27ClN2O4S/c1-2-3-13-26-31-27(30)24(18-37-25-12-8-7-11-22(25)28(33)34)32(26)17-19-14-15-21(23(16-19)29(35)36)20-9-5-4-6-10-20/h4-12,14-16H,2-3,13,17-18H2,1H3,(H,33,34)(H,35,36). The molecule has 190 valence electrons. The predicted molar refractivity (Wildman–Crippen MR) is 147 cm³/mol. The molecule has 0 atom stereocenters. The topological polar surface area (TPSA) is 92.4 Å². The van der Waals surface area contributed by atoms with Gasteiger partial charge in [0, 0.05) is 23.6 Å². The van der Waals surface area contributed by atoms with E-state index in [0.29, 0.717) is 27.9 Å². The van der Waals surface area contributed by atoms with Crippen LogP contribution in [0.1, 0.15) is 57.6 Å². The Labute approximate surface area is 224 Å². The predicted octanol–water partition coefficient (Wildman–Crippen LogP) is 7.28. The summed E-state index contributed by atoms with van der Waals surface area (Å²) in [5, 5.41) is 19.9. The first kappa shape index (κ1) is 26.5. The maximum atomic E-state index is 12.1. The number of carboxylic acids is 2. The second kappa shape index (κ2) is 12.1. The normalized spacial score (nSPS) is 11.0. The van der Waals surface area contributed by atoms with Crippen LogP contribution in [0.4, 0.5) is 0 Å². The summed E-state index contributed by atoms with van der Waals surface area (Å²) in [6.07, 6.45) is 2.67. The minimum atomic E-state index is -0.989. The molecule has 1 heterocycles. The lowest BCUT2D eigenvalue weighted by molar-refractivity contribution is 0.0684. The first-order valence-corrected chi connectivity index (χ1v) is 13.4. The summed E-state index contributed by atoms with van der Waals surface area (Å²) < 4.78 is 2.04. The van der Waals surface area contributed by atoms with E-state index in [-0.39, 0.29) is 11.1 Å². The van der Waals surface area contributed by atoms with E-state index in [4.69, 9.17) is 11.6 Å². The maximum Gasteiger partial charge on any atom is 0.336 e. The Morgan fingerprint density at radius 3 is 2.35 bits per heavy atom. The highest BCUT2D eigenvalue weighted by Crippen LogP contribution is 2.31. The Morgan fingerprint density at radius 2 is 1.65 bits per heavy atom. The van der Waals surface area contributed by atoms with E-state index in [9.17, 15) is 19.8 Å². The lowest BCUT2D eigenvalue weighted by Crippen LogP contribution is -2.10. The van der Waals surface area contributed by atoms with Crippen molar-refractivity contribution in [3.63, 3.8) is 0 Å². The van der Waals surface area contributed by atoms with Gasteiger partial charge in [0.05, 0.1) is 16.8 Å². The number of carboxylic acid groups (broad SMARTS) is 2. The molecule has 6 nitrogen and oxygen atoms in total. The van der Waals surface area contributed by atoms with E-state index >= 15 is 0 Å². The Bertz CT molecular complexity index is 1420. The third kappa shape index (κ3) is 6.24. The van der Waals surface area contributed by atoms with Crippen LogP contribution >= 0.6 is 23.4 Å². The van der Waals surface area contributed by atoms with Crippen LogP contribution in [0.3, 0.4) is 0 Å². The molecule has 3 aromatic carbocycles. The number of aromatic nitrogens is 2. The van der Waals surface area contributed by atoms with E-state index in [1.165, 1.54) is 11.8 Å². The Hall–Kier alpha value is -3.55. The van der Waals surface area contributed by atoms with Gasteiger partial charge >= 0.3 is 11.9 Å². The molecule has 0 amide bonds. The number of thioether (sulfide) groups is 1. The van der Waals surface area contributed by atoms with Crippen molar-refractivity contribution in [2.75, 3.05) is 0 Å². The van der Waals surface area contributed by atoms with Crippen molar-refractivity contribution in [1.29, 1.82) is 0 Å². The SMILES string of the molecule is CCCCc1nc(Cl)c(CSc2ccccc2C(=O)O)n1Cc1ccc(-c2ccccc2)c(C(=O)O)c1. The van der Waals surface area contributed by atoms with Crippen molar-refractivity contribution < 1.29 is 19.8 Å². The van der Waals surface area contributed by atoms with Crippen molar-refractivity contribution in [3.8, 4) is 11.1 Å². The maximum absolute atomic E-state index is 12.1. The smallest absolute Gasteiger partial charge is 0.336 e. The second-order valence-electron chi connectivity index (χ2n) is 8.60. The number of hydrogen-bond donors (Lipinski definition) is 2. The van der Waals surface area contributed by atoms with Crippen LogP contribution in [0.5, 0.6) is 0 Å². The number of carbonyl (C=O) groups is 2. The fraction of sp³-hybridized carbons (Fsp3) is 0.207. The van der Waals surface area contributed by atoms with E-state index in [0.717, 1.165) is 41.9 Å². The summed E-state index contributed by atoms with van der Waals surface area (Å²) in [6.45, 7) is 2.51. The van der Waals surface area contributed by atoms with E-state index in [1.807, 2.05) is 53.1 Å². The molecule has 37 heavy (non-hydrogen) atoms. The van der Waals surface area contributed by atoms with Gasteiger partial charge in [0.15, 0.2) is 5.15 Å². The molecule has 0 saturated carbocycles. The number of imidazole rings is 1. The molecule has 0 unspecified atom stereocenters. The summed E-state index contributed by atoms with van der Waals surface area (Å²) in [7, 11) is 0. The number of unbranched alkanes of at least 4 members (excludes halogenated alkanes) is 1. The second-order valence-corrected chi connectivity index (χ2v) is 9.97. The van der Waals surface area contributed by atoms with Crippen LogP contribution in [-0.2, 0) is 18.7 Å². The highest BCUT2D eigenvalue weighted by atomic mass is 35.5. The van der Waals surface area contributed by atoms with Crippen LogP contribution in [0.2, 0.25) is 5.15 Å². The fourth-order valence-corrected chi connectivity index (χ4v) is 5.61. The minimum absolute atomic E-state index is 0.233. The highest BCUT2D eigenvalue weighted by Gasteiger charge is 2.19. The zero-order valence-corrected chi connectivity index (χ0v) is 21.9. The lowest BCUT2D eigenvalue weighted by atomic mass is 9.97. The minimum Gasteiger partial charge on any atom is -0.478 e. The number of nitrogens with zero attached hydrogens (tertiary/aromatic N) is 2. The summed E-state index contributed by atoms with van der Waals surface area (Å²) in [4.78, 5) is 29.0. The molecule has 8 heteroatoms. The largest absolute Gasteiger partial charge is 0.478 e. The monoisotopic (exact) mass is 534 g/mol. The Kier molecular flexibility index (Phi) is 8.69. The molecule has 4 rings (SSSR count). The van der Waals surface area contributed by atoms with E-state index < -0.39 is 11.9 Å². The molecule has 0 bridgehead atoms. The first-order chi connectivity index (χ1) is 17.9. The van der Waals surface area contributed by atoms with Gasteiger partial charge in [-0.3, -0.25) is 0 Å². The van der Waals surface area contributed by atoms with Crippen molar-refractivity contribution >= 4 is 35.3 Å². The van der Waals surface area contributed by atoms with Gasteiger partial charge in [0.25, 0.3) is 0 Å². The average Bonchev–Trinajstić information content (AvgIpc) is 3.20. The molecule has 0 fully saturated rings. The molecule has 0 saturated heterocycles. The number of aromatic carboxylic acids is 2. The summed E-state index contributed by atoms with van der Waals surface area (Å²) in [5.74, 6) is -0.712. The Morgan fingerprint density at radius 1 is 0.946 bits per heavy atom. The molecule has 1 aromatic heterocycles. The quantitative estimate of drug-likeness (QED) is 0.196. The number of halogens is 1. The van der Waals surface area contributed by atoms with Crippen LogP contribution in [0.15, 0.2) is 77.7 Å². The molecule has 0 radical (unpaired) electrons. The van der Waals surface area contributed by atoms with Gasteiger partial charge in [-0.1, -0.05) is 79.5 Å². The summed E-state index contributed by atoms with van der Waals surface area (Å²) in [5.41, 5.74) is 3.57. The van der Waals surface area contributed by atoms with Gasteiger partial charge in [0.1, 0.15) is 5.82 Å². The van der Waals surface area contributed by atoms with Crippen LogP contribution < -0.4 is 0 Å². The number of aryl methyl sites for hydroxylation is 1. The molecule has 0 spiro atoms. The first-order valence-electron chi connectivity index (χ1n) is 12.0. The molecule has 0 aliphatic carbocycles. The Balaban J connectivity index is 1.69. The van der Waals surface area contributed by atoms with E-state index in [1.54, 1.807) is 24.3 Å². The fourth-order valence-electron chi connectivity index (χ4n) is 4.19. The van der Waals surface area contributed by atoms with Crippen LogP contribution in [0, 0.1) is 0 Å². The molecular formula is C29H27ClN2O4S. The molecule has 0 aliphatic heterocycles. The van der Waals surface area contributed by atoms with Gasteiger partial charge in [0.2, 0.25) is 0 Å². The number of rotatable bonds is 11. The molecule has 0 aliphatic rings. The van der Waals surface area contributed by atoms with Crippen molar-refractivity contribution in [2.45, 2.75) is 43.4 Å². The summed E-state index contributed by atoms with van der Waals surface area (Å²) in [6, 6.07) is 21.8. The highest BCUT2D eigenvalue weighted by molar-refractivity contribution is 7.98. The molecule has 4 aromatic rings.